The van der Waals surface area contributed by atoms with Crippen LogP contribution in [0.1, 0.15) is 61.7 Å². The molecule has 0 bridgehead atoms. The Hall–Kier alpha value is -2.36. The zero-order valence-corrected chi connectivity index (χ0v) is 17.9. The molecule has 10 heteroatoms. The fourth-order valence-electron chi connectivity index (χ4n) is 4.60. The number of aromatic nitrogens is 3. The maximum absolute atomic E-state index is 13.0. The molecule has 2 aliphatic rings. The van der Waals surface area contributed by atoms with Gasteiger partial charge in [0.05, 0.1) is 43.6 Å². The number of fused-ring (bicyclic) bond motifs is 1. The molecule has 31 heavy (non-hydrogen) atoms. The molecule has 1 aliphatic carbocycles. The smallest absolute Gasteiger partial charge is 0.409 e. The van der Waals surface area contributed by atoms with Crippen molar-refractivity contribution in [2.24, 2.45) is 5.92 Å². The van der Waals surface area contributed by atoms with Gasteiger partial charge in [0, 0.05) is 17.7 Å². The Kier molecular flexibility index (Phi) is 5.85. The van der Waals surface area contributed by atoms with Crippen molar-refractivity contribution in [3.63, 3.8) is 0 Å². The van der Waals surface area contributed by atoms with E-state index in [1.54, 1.807) is 9.42 Å². The fraction of sp³-hybridized carbons (Fsp3) is 0.667. The highest BCUT2D eigenvalue weighted by Crippen LogP contribution is 2.42. The van der Waals surface area contributed by atoms with Crippen LogP contribution in [-0.4, -0.2) is 58.1 Å². The van der Waals surface area contributed by atoms with Crippen LogP contribution in [0.5, 0.6) is 0 Å². The van der Waals surface area contributed by atoms with Crippen molar-refractivity contribution >= 4 is 11.7 Å². The first-order chi connectivity index (χ1) is 14.7. The number of amides is 1. The van der Waals surface area contributed by atoms with Crippen LogP contribution in [-0.2, 0) is 9.47 Å². The lowest BCUT2D eigenvalue weighted by Crippen LogP contribution is -2.48. The van der Waals surface area contributed by atoms with Crippen LogP contribution in [0.3, 0.4) is 0 Å². The summed E-state index contributed by atoms with van der Waals surface area (Å²) in [6.45, 7) is 4.44. The second-order valence-electron chi connectivity index (χ2n) is 8.55. The van der Waals surface area contributed by atoms with E-state index in [-0.39, 0.29) is 24.8 Å². The molecule has 0 spiro atoms. The minimum Gasteiger partial charge on any atom is -0.453 e. The standard InChI is InChI=1S/C21H27F3N4O3/c1-12-8-17(18-10-27(20(29)30-3)13(2)11-31-18)28-19(25-12)9-16(26-28)14-4-6-15(7-5-14)21(22,23)24/h8-9,13-15,18H,4-7,10-11H2,1-3H3/t13-,14-,15-,18+/m0/s1. The minimum atomic E-state index is -4.13. The molecule has 1 saturated carbocycles. The number of morpholine rings is 1. The molecule has 7 nitrogen and oxygen atoms in total. The van der Waals surface area contributed by atoms with Crippen LogP contribution in [0.2, 0.25) is 0 Å². The highest BCUT2D eigenvalue weighted by atomic mass is 19.4. The third-order valence-electron chi connectivity index (χ3n) is 6.38. The predicted molar refractivity (Wildman–Crippen MR) is 106 cm³/mol. The Balaban J connectivity index is 1.60. The van der Waals surface area contributed by atoms with E-state index in [0.29, 0.717) is 31.6 Å². The number of hydrogen-bond donors (Lipinski definition) is 0. The van der Waals surface area contributed by atoms with Gasteiger partial charge in [-0.05, 0) is 45.6 Å². The first-order valence-electron chi connectivity index (χ1n) is 10.6. The van der Waals surface area contributed by atoms with Gasteiger partial charge in [0.2, 0.25) is 0 Å². The van der Waals surface area contributed by atoms with Crippen LogP contribution in [0.4, 0.5) is 18.0 Å². The van der Waals surface area contributed by atoms with Gasteiger partial charge in [-0.3, -0.25) is 0 Å². The van der Waals surface area contributed by atoms with Crippen molar-refractivity contribution in [1.82, 2.24) is 19.5 Å². The Morgan fingerprint density at radius 3 is 2.58 bits per heavy atom. The van der Waals surface area contributed by atoms with Crippen molar-refractivity contribution in [2.75, 3.05) is 20.3 Å². The number of hydrogen-bond acceptors (Lipinski definition) is 5. The van der Waals surface area contributed by atoms with Crippen LogP contribution in [0, 0.1) is 12.8 Å². The van der Waals surface area contributed by atoms with Gasteiger partial charge in [0.15, 0.2) is 5.65 Å². The van der Waals surface area contributed by atoms with E-state index < -0.39 is 24.3 Å². The molecule has 2 atom stereocenters. The van der Waals surface area contributed by atoms with Crippen LogP contribution in [0.25, 0.3) is 5.65 Å². The molecule has 1 amide bonds. The normalized spacial score (nSPS) is 27.5. The predicted octanol–water partition coefficient (Wildman–Crippen LogP) is 4.40. The largest absolute Gasteiger partial charge is 0.453 e. The summed E-state index contributed by atoms with van der Waals surface area (Å²) in [5.74, 6) is -1.24. The summed E-state index contributed by atoms with van der Waals surface area (Å²) in [5.41, 5.74) is 2.93. The van der Waals surface area contributed by atoms with E-state index in [0.717, 1.165) is 17.1 Å². The van der Waals surface area contributed by atoms with Crippen molar-refractivity contribution in [3.05, 3.63) is 29.2 Å². The van der Waals surface area contributed by atoms with Gasteiger partial charge >= 0.3 is 12.3 Å². The molecule has 170 valence electrons. The van der Waals surface area contributed by atoms with Crippen molar-refractivity contribution < 1.29 is 27.4 Å². The third kappa shape index (κ3) is 4.35. The van der Waals surface area contributed by atoms with Gasteiger partial charge in [-0.1, -0.05) is 0 Å². The van der Waals surface area contributed by atoms with Gasteiger partial charge < -0.3 is 14.4 Å². The summed E-state index contributed by atoms with van der Waals surface area (Å²) < 4.78 is 51.6. The maximum atomic E-state index is 13.0. The Morgan fingerprint density at radius 1 is 1.23 bits per heavy atom. The summed E-state index contributed by atoms with van der Waals surface area (Å²) in [6, 6.07) is 3.62. The number of carbonyl (C=O) groups is 1. The zero-order valence-electron chi connectivity index (χ0n) is 17.9. The quantitative estimate of drug-likeness (QED) is 0.692. The zero-order chi connectivity index (χ0) is 22.3. The van der Waals surface area contributed by atoms with Gasteiger partial charge in [-0.25, -0.2) is 14.3 Å². The van der Waals surface area contributed by atoms with E-state index >= 15 is 0 Å². The topological polar surface area (TPSA) is 69.0 Å². The summed E-state index contributed by atoms with van der Waals surface area (Å²) in [5, 5.41) is 4.71. The Labute approximate surface area is 178 Å². The van der Waals surface area contributed by atoms with Crippen molar-refractivity contribution in [3.8, 4) is 0 Å². The average molecular weight is 440 g/mol. The van der Waals surface area contributed by atoms with Crippen LogP contribution < -0.4 is 0 Å². The molecule has 0 radical (unpaired) electrons. The number of nitrogens with zero attached hydrogens (tertiary/aromatic N) is 4. The van der Waals surface area contributed by atoms with E-state index in [4.69, 9.17) is 14.6 Å². The van der Waals surface area contributed by atoms with Gasteiger partial charge in [-0.2, -0.15) is 18.3 Å². The average Bonchev–Trinajstić information content (AvgIpc) is 3.16. The molecule has 4 rings (SSSR count). The van der Waals surface area contributed by atoms with Gasteiger partial charge in [-0.15, -0.1) is 0 Å². The van der Waals surface area contributed by atoms with Gasteiger partial charge in [0.25, 0.3) is 0 Å². The number of aryl methyl sites for hydroxylation is 1. The molecule has 3 heterocycles. The molecule has 1 aliphatic heterocycles. The molecule has 1 saturated heterocycles. The maximum Gasteiger partial charge on any atom is 0.409 e. The lowest BCUT2D eigenvalue weighted by molar-refractivity contribution is -0.182. The molecule has 2 aromatic heterocycles. The first kappa shape index (κ1) is 21.9. The number of alkyl halides is 3. The molecule has 2 aromatic rings. The minimum absolute atomic E-state index is 0.0210. The highest BCUT2D eigenvalue weighted by Gasteiger charge is 2.42. The van der Waals surface area contributed by atoms with E-state index in [1.165, 1.54) is 7.11 Å². The molecule has 2 fully saturated rings. The highest BCUT2D eigenvalue weighted by molar-refractivity contribution is 5.68. The second kappa shape index (κ2) is 8.29. The van der Waals surface area contributed by atoms with Crippen molar-refractivity contribution in [1.29, 1.82) is 0 Å². The SMILES string of the molecule is COC(=O)N1C[C@H](c2cc(C)nc3cc([C@H]4CC[C@H](C(F)(F)F)CC4)nn23)OC[C@@H]1C. The Bertz CT molecular complexity index is 953. The summed E-state index contributed by atoms with van der Waals surface area (Å²) in [7, 11) is 1.35. The molecule has 0 aromatic carbocycles. The van der Waals surface area contributed by atoms with Gasteiger partial charge in [0.1, 0.15) is 6.10 Å². The molecular formula is C21H27F3N4O3. The number of halogens is 3. The lowest BCUT2D eigenvalue weighted by atomic mass is 9.80. The molecular weight excluding hydrogens is 413 g/mol. The van der Waals surface area contributed by atoms with E-state index in [9.17, 15) is 18.0 Å². The number of ether oxygens (including phenoxy) is 2. The van der Waals surface area contributed by atoms with Crippen LogP contribution >= 0.6 is 0 Å². The second-order valence-corrected chi connectivity index (χ2v) is 8.55. The summed E-state index contributed by atoms with van der Waals surface area (Å²) in [4.78, 5) is 18.3. The molecule has 0 N–H and O–H groups in total. The number of methoxy groups -OCH3 is 1. The Morgan fingerprint density at radius 2 is 1.94 bits per heavy atom. The first-order valence-corrected chi connectivity index (χ1v) is 10.6. The molecule has 0 unspecified atom stereocenters. The number of carbonyl (C=O) groups excluding carboxylic acids is 1. The monoisotopic (exact) mass is 440 g/mol. The van der Waals surface area contributed by atoms with E-state index in [1.807, 2.05) is 26.0 Å². The lowest BCUT2D eigenvalue weighted by Gasteiger charge is -2.37. The number of rotatable bonds is 2. The third-order valence-corrected chi connectivity index (χ3v) is 6.38. The van der Waals surface area contributed by atoms with Crippen molar-refractivity contribution in [2.45, 2.75) is 63.8 Å². The summed E-state index contributed by atoms with van der Waals surface area (Å²) >= 11 is 0. The fourth-order valence-corrected chi connectivity index (χ4v) is 4.60. The van der Waals surface area contributed by atoms with Crippen LogP contribution in [0.15, 0.2) is 12.1 Å². The van der Waals surface area contributed by atoms with E-state index in [2.05, 4.69) is 4.98 Å². The summed E-state index contributed by atoms with van der Waals surface area (Å²) in [6.07, 6.45) is -3.79.